The number of likely N-dealkylation sites (N-methyl/N-ethyl adjacent to an activating group) is 1. The second kappa shape index (κ2) is 66.6. The van der Waals surface area contributed by atoms with Crippen LogP contribution in [0, 0.1) is 0 Å². The van der Waals surface area contributed by atoms with Gasteiger partial charge in [-0.05, 0) is 57.8 Å². The molecular weight excluding hydrogens is 1070 g/mol. The highest BCUT2D eigenvalue weighted by atomic mass is 31.2. The molecule has 0 aromatic carbocycles. The Hall–Kier alpha value is -1.80. The van der Waals surface area contributed by atoms with Crippen molar-refractivity contribution in [3.05, 3.63) is 60.8 Å². The minimum Gasteiger partial charge on any atom is -0.391 e. The average molecular weight is 1210 g/mol. The standard InChI is InChI=1S/C76H145N2O6P/c1-6-8-10-12-14-16-18-20-22-24-26-28-30-32-34-36-38-40-41-43-45-47-49-51-53-55-57-59-61-63-65-67-69-75(79)74(73-84-85(81,82)83-72-71-78(3,4)5)77-76(80)70-68-66-64-62-60-58-56-54-52-50-48-46-44-42-39-37-35-33-31-29-27-25-23-21-19-17-15-13-11-9-7-2/h9,11,15,17,21,23,27,29,33,35,74-75,79H,6-8,10,12-14,16,18-20,22,24-26,28,30-32,34,36-73H2,1-5H3,(H-,77,80,81,82)/p+1/b11-9-,17-15-,23-21-,29-27-,35-33-. The highest BCUT2D eigenvalue weighted by Gasteiger charge is 2.28. The molecule has 3 N–H and O–H groups in total. The summed E-state index contributed by atoms with van der Waals surface area (Å²) >= 11 is 0. The monoisotopic (exact) mass is 1210 g/mol. The second-order valence-electron chi connectivity index (χ2n) is 26.7. The Bertz CT molecular complexity index is 1570. The number of quaternary nitrogens is 1. The van der Waals surface area contributed by atoms with Crippen LogP contribution in [-0.4, -0.2) is 73.4 Å². The molecule has 0 aliphatic carbocycles. The molecule has 0 fully saturated rings. The van der Waals surface area contributed by atoms with Gasteiger partial charge in [0.1, 0.15) is 13.2 Å². The molecule has 0 saturated carbocycles. The van der Waals surface area contributed by atoms with E-state index in [1.165, 1.54) is 270 Å². The van der Waals surface area contributed by atoms with Gasteiger partial charge >= 0.3 is 7.82 Å². The molecule has 0 rings (SSSR count). The number of amides is 1. The number of phosphoric ester groups is 1. The number of allylic oxidation sites excluding steroid dienone is 10. The molecule has 3 unspecified atom stereocenters. The van der Waals surface area contributed by atoms with Crippen molar-refractivity contribution < 1.29 is 32.9 Å². The van der Waals surface area contributed by atoms with Crippen molar-refractivity contribution in [1.82, 2.24) is 5.32 Å². The first-order chi connectivity index (χ1) is 41.5. The summed E-state index contributed by atoms with van der Waals surface area (Å²) in [5.74, 6) is -0.140. The van der Waals surface area contributed by atoms with Crippen molar-refractivity contribution in [1.29, 1.82) is 0 Å². The van der Waals surface area contributed by atoms with Crippen LogP contribution in [0.15, 0.2) is 60.8 Å². The number of rotatable bonds is 69. The molecule has 0 aliphatic rings. The van der Waals surface area contributed by atoms with Gasteiger partial charge in [0.25, 0.3) is 0 Å². The van der Waals surface area contributed by atoms with Crippen molar-refractivity contribution in [2.45, 2.75) is 379 Å². The van der Waals surface area contributed by atoms with Crippen molar-refractivity contribution >= 4 is 13.7 Å². The lowest BCUT2D eigenvalue weighted by Crippen LogP contribution is -2.46. The SMILES string of the molecule is CC/C=C\C/C=C\C/C=C\C/C=C\C/C=C\CCCCCCCCCCCCCCCCCC(=O)NC(COP(=O)(O)OCC[N+](C)(C)C)C(O)CCCCCCCCCCCCCCCCCCCCCCCCCCCCCCCCCC. The van der Waals surface area contributed by atoms with E-state index in [0.717, 1.165) is 70.6 Å². The highest BCUT2D eigenvalue weighted by molar-refractivity contribution is 7.47. The summed E-state index contributed by atoms with van der Waals surface area (Å²) in [4.78, 5) is 23.5. The van der Waals surface area contributed by atoms with E-state index in [2.05, 4.69) is 79.9 Å². The second-order valence-corrected chi connectivity index (χ2v) is 28.1. The summed E-state index contributed by atoms with van der Waals surface area (Å²) in [6.45, 7) is 4.83. The van der Waals surface area contributed by atoms with E-state index in [1.807, 2.05) is 21.1 Å². The number of hydrogen-bond acceptors (Lipinski definition) is 5. The number of aliphatic hydroxyl groups excluding tert-OH is 1. The largest absolute Gasteiger partial charge is 0.472 e. The van der Waals surface area contributed by atoms with E-state index in [1.54, 1.807) is 0 Å². The molecule has 1 amide bonds. The third-order valence-corrected chi connectivity index (χ3v) is 18.0. The molecule has 0 aromatic rings. The zero-order valence-electron chi connectivity index (χ0n) is 57.4. The van der Waals surface area contributed by atoms with Crippen LogP contribution in [0.4, 0.5) is 0 Å². The van der Waals surface area contributed by atoms with Crippen LogP contribution in [0.5, 0.6) is 0 Å². The Morgan fingerprint density at radius 1 is 0.412 bits per heavy atom. The van der Waals surface area contributed by atoms with Crippen molar-refractivity contribution in [3.8, 4) is 0 Å². The lowest BCUT2D eigenvalue weighted by atomic mass is 10.0. The van der Waals surface area contributed by atoms with Crippen LogP contribution in [0.3, 0.4) is 0 Å². The van der Waals surface area contributed by atoms with Crippen molar-refractivity contribution in [2.24, 2.45) is 0 Å². The summed E-state index contributed by atoms with van der Waals surface area (Å²) in [6.07, 6.45) is 92.0. The predicted octanol–water partition coefficient (Wildman–Crippen LogP) is 23.9. The summed E-state index contributed by atoms with van der Waals surface area (Å²) in [6, 6.07) is -0.765. The third-order valence-electron chi connectivity index (χ3n) is 17.0. The average Bonchev–Trinajstić information content (AvgIpc) is 3.49. The van der Waals surface area contributed by atoms with Gasteiger partial charge in [0.15, 0.2) is 0 Å². The van der Waals surface area contributed by atoms with Gasteiger partial charge in [0.2, 0.25) is 5.91 Å². The van der Waals surface area contributed by atoms with Crippen LogP contribution < -0.4 is 5.32 Å². The number of hydrogen-bond donors (Lipinski definition) is 3. The Labute approximate surface area is 530 Å². The number of phosphoric acid groups is 1. The zero-order valence-corrected chi connectivity index (χ0v) is 58.3. The minimum absolute atomic E-state index is 0.0746. The predicted molar refractivity (Wildman–Crippen MR) is 374 cm³/mol. The van der Waals surface area contributed by atoms with E-state index in [-0.39, 0.29) is 19.1 Å². The molecule has 9 heteroatoms. The van der Waals surface area contributed by atoms with E-state index in [0.29, 0.717) is 23.9 Å². The molecule has 0 bridgehead atoms. The fraction of sp³-hybridized carbons (Fsp3) is 0.855. The fourth-order valence-electron chi connectivity index (χ4n) is 11.3. The molecule has 0 aromatic heterocycles. The van der Waals surface area contributed by atoms with E-state index in [4.69, 9.17) is 9.05 Å². The number of carbonyl (C=O) groups is 1. The first-order valence-electron chi connectivity index (χ1n) is 37.2. The topological polar surface area (TPSA) is 105 Å². The molecule has 500 valence electrons. The fourth-order valence-corrected chi connectivity index (χ4v) is 12.1. The first-order valence-corrected chi connectivity index (χ1v) is 38.6. The molecule has 0 saturated heterocycles. The van der Waals surface area contributed by atoms with Gasteiger partial charge in [-0.3, -0.25) is 13.8 Å². The molecule has 0 heterocycles. The lowest BCUT2D eigenvalue weighted by molar-refractivity contribution is -0.870. The van der Waals surface area contributed by atoms with Gasteiger partial charge < -0.3 is 19.8 Å². The van der Waals surface area contributed by atoms with E-state index in [9.17, 15) is 19.4 Å². The highest BCUT2D eigenvalue weighted by Crippen LogP contribution is 2.43. The first kappa shape index (κ1) is 83.2. The molecule has 3 atom stereocenters. The third kappa shape index (κ3) is 69.5. The summed E-state index contributed by atoms with van der Waals surface area (Å²) in [5.41, 5.74) is 0. The number of nitrogens with zero attached hydrogens (tertiary/aromatic N) is 1. The zero-order chi connectivity index (χ0) is 61.9. The van der Waals surface area contributed by atoms with Gasteiger partial charge in [-0.2, -0.15) is 0 Å². The molecule has 0 radical (unpaired) electrons. The maximum atomic E-state index is 13.1. The van der Waals surface area contributed by atoms with Crippen LogP contribution >= 0.6 is 7.82 Å². The normalized spacial score (nSPS) is 13.9. The van der Waals surface area contributed by atoms with Crippen molar-refractivity contribution in [3.63, 3.8) is 0 Å². The van der Waals surface area contributed by atoms with Gasteiger partial charge in [0, 0.05) is 6.42 Å². The number of unbranched alkanes of at least 4 members (excludes halogenated alkanes) is 46. The van der Waals surface area contributed by atoms with Gasteiger partial charge in [-0.1, -0.05) is 364 Å². The van der Waals surface area contributed by atoms with Gasteiger partial charge in [-0.15, -0.1) is 0 Å². The van der Waals surface area contributed by atoms with Crippen LogP contribution in [-0.2, 0) is 18.4 Å². The minimum atomic E-state index is -4.33. The summed E-state index contributed by atoms with van der Waals surface area (Å²) in [5, 5.41) is 14.2. The molecule has 0 aliphatic heterocycles. The van der Waals surface area contributed by atoms with Gasteiger partial charge in [0.05, 0.1) is 39.9 Å². The maximum absolute atomic E-state index is 13.1. The Morgan fingerprint density at radius 2 is 0.706 bits per heavy atom. The lowest BCUT2D eigenvalue weighted by Gasteiger charge is -2.26. The number of nitrogens with one attached hydrogen (secondary N) is 1. The Balaban J connectivity index is 3.99. The quantitative estimate of drug-likeness (QED) is 0.0243. The van der Waals surface area contributed by atoms with Crippen molar-refractivity contribution in [2.75, 3.05) is 40.9 Å². The van der Waals surface area contributed by atoms with E-state index >= 15 is 0 Å². The number of carbonyl (C=O) groups excluding carboxylic acids is 1. The number of aliphatic hydroxyl groups is 1. The smallest absolute Gasteiger partial charge is 0.391 e. The summed E-state index contributed by atoms with van der Waals surface area (Å²) < 4.78 is 23.9. The molecule has 8 nitrogen and oxygen atoms in total. The maximum Gasteiger partial charge on any atom is 0.472 e. The molecule has 0 spiro atoms. The van der Waals surface area contributed by atoms with Crippen LogP contribution in [0.2, 0.25) is 0 Å². The Kier molecular flexibility index (Phi) is 65.2. The van der Waals surface area contributed by atoms with Crippen LogP contribution in [0.25, 0.3) is 0 Å². The summed E-state index contributed by atoms with van der Waals surface area (Å²) in [7, 11) is 1.63. The molecular formula is C76H146N2O6P+. The van der Waals surface area contributed by atoms with E-state index < -0.39 is 20.0 Å². The van der Waals surface area contributed by atoms with Gasteiger partial charge in [-0.25, -0.2) is 4.57 Å². The molecule has 85 heavy (non-hydrogen) atoms. The Morgan fingerprint density at radius 3 is 1.04 bits per heavy atom. The van der Waals surface area contributed by atoms with Crippen LogP contribution in [0.1, 0.15) is 367 Å².